The molecule has 0 spiro atoms. The molecule has 2 aromatic carbocycles. The fourth-order valence-electron chi connectivity index (χ4n) is 2.87. The van der Waals surface area contributed by atoms with E-state index in [4.69, 9.17) is 13.9 Å². The molecular formula is C21H20O5. The summed E-state index contributed by atoms with van der Waals surface area (Å²) in [6.07, 6.45) is -0.907. The SMILES string of the molecule is COC(=O)C(Oc1ccc2c(C)c(C)c(=O)oc2c1C)c1ccccc1. The Bertz CT molecular complexity index is 1020. The van der Waals surface area contributed by atoms with Gasteiger partial charge in [0.25, 0.3) is 0 Å². The average molecular weight is 352 g/mol. The van der Waals surface area contributed by atoms with Crippen LogP contribution in [0.3, 0.4) is 0 Å². The second-order valence-electron chi connectivity index (χ2n) is 6.14. The Morgan fingerprint density at radius 3 is 2.31 bits per heavy atom. The molecule has 0 saturated carbocycles. The van der Waals surface area contributed by atoms with E-state index in [-0.39, 0.29) is 5.63 Å². The standard InChI is InChI=1S/C21H20O5/c1-12-13(2)20(22)26-18-14(3)17(11-10-16(12)18)25-19(21(23)24-4)15-8-6-5-7-9-15/h5-11,19H,1-4H3. The quantitative estimate of drug-likeness (QED) is 0.524. The van der Waals surface area contributed by atoms with E-state index >= 15 is 0 Å². The molecule has 0 aliphatic carbocycles. The minimum absolute atomic E-state index is 0.372. The normalized spacial score (nSPS) is 12.0. The summed E-state index contributed by atoms with van der Waals surface area (Å²) in [5, 5.41) is 0.848. The fourth-order valence-corrected chi connectivity index (χ4v) is 2.87. The summed E-state index contributed by atoms with van der Waals surface area (Å²) in [5.41, 5.74) is 2.89. The van der Waals surface area contributed by atoms with Crippen LogP contribution in [0.2, 0.25) is 0 Å². The summed E-state index contributed by atoms with van der Waals surface area (Å²) in [5.74, 6) is -0.0413. The highest BCUT2D eigenvalue weighted by Gasteiger charge is 2.25. The van der Waals surface area contributed by atoms with Crippen molar-refractivity contribution in [2.45, 2.75) is 26.9 Å². The molecule has 134 valence electrons. The number of benzene rings is 2. The monoisotopic (exact) mass is 352 g/mol. The number of hydrogen-bond acceptors (Lipinski definition) is 5. The third kappa shape index (κ3) is 3.08. The van der Waals surface area contributed by atoms with Crippen LogP contribution >= 0.6 is 0 Å². The van der Waals surface area contributed by atoms with Gasteiger partial charge < -0.3 is 13.9 Å². The Hall–Kier alpha value is -3.08. The van der Waals surface area contributed by atoms with Crippen molar-refractivity contribution < 1.29 is 18.7 Å². The van der Waals surface area contributed by atoms with Gasteiger partial charge in [-0.15, -0.1) is 0 Å². The summed E-state index contributed by atoms with van der Waals surface area (Å²) >= 11 is 0. The minimum Gasteiger partial charge on any atom is -0.474 e. The molecule has 0 radical (unpaired) electrons. The molecule has 3 rings (SSSR count). The molecule has 1 unspecified atom stereocenters. The Morgan fingerprint density at radius 1 is 0.962 bits per heavy atom. The minimum atomic E-state index is -0.907. The first-order valence-electron chi connectivity index (χ1n) is 8.27. The van der Waals surface area contributed by atoms with Crippen LogP contribution in [0.4, 0.5) is 0 Å². The summed E-state index contributed by atoms with van der Waals surface area (Å²) in [4.78, 5) is 24.3. The molecule has 1 atom stereocenters. The number of fused-ring (bicyclic) bond motifs is 1. The zero-order valence-electron chi connectivity index (χ0n) is 15.2. The number of esters is 1. The van der Waals surface area contributed by atoms with Gasteiger partial charge in [-0.05, 0) is 38.5 Å². The van der Waals surface area contributed by atoms with Crippen LogP contribution in [0.25, 0.3) is 11.0 Å². The van der Waals surface area contributed by atoms with Crippen molar-refractivity contribution in [3.63, 3.8) is 0 Å². The number of carbonyl (C=O) groups excluding carboxylic acids is 1. The lowest BCUT2D eigenvalue weighted by molar-refractivity contribution is -0.149. The van der Waals surface area contributed by atoms with E-state index in [1.54, 1.807) is 32.0 Å². The summed E-state index contributed by atoms with van der Waals surface area (Å²) in [6, 6.07) is 12.7. The van der Waals surface area contributed by atoms with Crippen LogP contribution in [-0.4, -0.2) is 13.1 Å². The van der Waals surface area contributed by atoms with Crippen molar-refractivity contribution in [3.05, 3.63) is 75.1 Å². The van der Waals surface area contributed by atoms with Crippen LogP contribution in [0, 0.1) is 20.8 Å². The van der Waals surface area contributed by atoms with E-state index in [1.165, 1.54) is 7.11 Å². The smallest absolute Gasteiger partial charge is 0.351 e. The lowest BCUT2D eigenvalue weighted by Gasteiger charge is -2.19. The van der Waals surface area contributed by atoms with Crippen molar-refractivity contribution in [2.24, 2.45) is 0 Å². The number of ether oxygens (including phenoxy) is 2. The first kappa shape index (κ1) is 17.7. The molecule has 0 aliphatic heterocycles. The molecule has 0 saturated heterocycles. The number of aryl methyl sites for hydroxylation is 2. The van der Waals surface area contributed by atoms with E-state index in [2.05, 4.69) is 0 Å². The van der Waals surface area contributed by atoms with E-state index < -0.39 is 12.1 Å². The molecule has 3 aromatic rings. The molecule has 0 aliphatic rings. The van der Waals surface area contributed by atoms with Crippen molar-refractivity contribution >= 4 is 16.9 Å². The Kier molecular flexibility index (Phi) is 4.80. The second-order valence-corrected chi connectivity index (χ2v) is 6.14. The zero-order valence-corrected chi connectivity index (χ0v) is 15.2. The molecule has 0 bridgehead atoms. The topological polar surface area (TPSA) is 65.7 Å². The predicted octanol–water partition coefficient (Wildman–Crippen LogP) is 4.01. The number of hydrogen-bond donors (Lipinski definition) is 0. The second kappa shape index (κ2) is 7.04. The van der Waals surface area contributed by atoms with Gasteiger partial charge in [0, 0.05) is 22.1 Å². The van der Waals surface area contributed by atoms with Gasteiger partial charge in [0.15, 0.2) is 0 Å². The van der Waals surface area contributed by atoms with Crippen molar-refractivity contribution in [2.75, 3.05) is 7.11 Å². The third-order valence-corrected chi connectivity index (χ3v) is 4.59. The zero-order chi connectivity index (χ0) is 18.8. The highest BCUT2D eigenvalue weighted by Crippen LogP contribution is 2.32. The molecule has 5 nitrogen and oxygen atoms in total. The first-order valence-corrected chi connectivity index (χ1v) is 8.27. The van der Waals surface area contributed by atoms with E-state index in [9.17, 15) is 9.59 Å². The molecule has 1 heterocycles. The maximum Gasteiger partial charge on any atom is 0.351 e. The van der Waals surface area contributed by atoms with Gasteiger partial charge in [-0.3, -0.25) is 0 Å². The van der Waals surface area contributed by atoms with Gasteiger partial charge in [-0.25, -0.2) is 9.59 Å². The summed E-state index contributed by atoms with van der Waals surface area (Å²) in [6.45, 7) is 5.42. The molecule has 0 N–H and O–H groups in total. The van der Waals surface area contributed by atoms with Crippen LogP contribution in [0.5, 0.6) is 5.75 Å². The Labute approximate surface area is 151 Å². The third-order valence-electron chi connectivity index (χ3n) is 4.59. The average Bonchev–Trinajstić information content (AvgIpc) is 2.66. The van der Waals surface area contributed by atoms with Crippen molar-refractivity contribution in [3.8, 4) is 5.75 Å². The van der Waals surface area contributed by atoms with Gasteiger partial charge in [0.1, 0.15) is 11.3 Å². The van der Waals surface area contributed by atoms with E-state index in [0.717, 1.165) is 10.9 Å². The first-order chi connectivity index (χ1) is 12.4. The summed E-state index contributed by atoms with van der Waals surface area (Å²) in [7, 11) is 1.32. The number of rotatable bonds is 4. The van der Waals surface area contributed by atoms with Crippen LogP contribution < -0.4 is 10.4 Å². The van der Waals surface area contributed by atoms with Crippen LogP contribution in [-0.2, 0) is 9.53 Å². The van der Waals surface area contributed by atoms with Gasteiger partial charge in [-0.1, -0.05) is 30.3 Å². The van der Waals surface area contributed by atoms with Crippen LogP contribution in [0.1, 0.15) is 28.4 Å². The van der Waals surface area contributed by atoms with Crippen molar-refractivity contribution in [1.82, 2.24) is 0 Å². The van der Waals surface area contributed by atoms with Gasteiger partial charge >= 0.3 is 11.6 Å². The molecular weight excluding hydrogens is 332 g/mol. The van der Waals surface area contributed by atoms with Gasteiger partial charge in [0.2, 0.25) is 6.10 Å². The molecule has 0 amide bonds. The highest BCUT2D eigenvalue weighted by molar-refractivity contribution is 5.86. The van der Waals surface area contributed by atoms with E-state index in [1.807, 2.05) is 31.2 Å². The van der Waals surface area contributed by atoms with Gasteiger partial charge in [-0.2, -0.15) is 0 Å². The highest BCUT2D eigenvalue weighted by atomic mass is 16.6. The predicted molar refractivity (Wildman–Crippen MR) is 98.5 cm³/mol. The van der Waals surface area contributed by atoms with Crippen molar-refractivity contribution in [1.29, 1.82) is 0 Å². The summed E-state index contributed by atoms with van der Waals surface area (Å²) < 4.78 is 16.3. The number of carbonyl (C=O) groups is 1. The number of methoxy groups -OCH3 is 1. The molecule has 26 heavy (non-hydrogen) atoms. The largest absolute Gasteiger partial charge is 0.474 e. The Morgan fingerprint density at radius 2 is 1.65 bits per heavy atom. The maximum absolute atomic E-state index is 12.2. The van der Waals surface area contributed by atoms with E-state index in [0.29, 0.717) is 28.0 Å². The Balaban J connectivity index is 2.10. The van der Waals surface area contributed by atoms with Crippen LogP contribution in [0.15, 0.2) is 51.7 Å². The fraction of sp³-hybridized carbons (Fsp3) is 0.238. The van der Waals surface area contributed by atoms with Gasteiger partial charge in [0.05, 0.1) is 7.11 Å². The lowest BCUT2D eigenvalue weighted by Crippen LogP contribution is -2.20. The lowest BCUT2D eigenvalue weighted by atomic mass is 10.0. The molecule has 5 heteroatoms. The maximum atomic E-state index is 12.2. The molecule has 0 fully saturated rings. The molecule has 1 aromatic heterocycles.